The first-order valence-corrected chi connectivity index (χ1v) is 9.30. The zero-order chi connectivity index (χ0) is 20.4. The minimum absolute atomic E-state index is 0.0576. The number of pyridine rings is 1. The number of likely N-dealkylation sites (tertiary alicyclic amines) is 1. The number of hydrogen-bond acceptors (Lipinski definition) is 5. The number of aliphatic hydroxyl groups excluding tert-OH is 1. The van der Waals surface area contributed by atoms with E-state index in [-0.39, 0.29) is 11.3 Å². The van der Waals surface area contributed by atoms with Gasteiger partial charge in [0.05, 0.1) is 17.6 Å². The molecule has 0 bridgehead atoms. The van der Waals surface area contributed by atoms with Gasteiger partial charge in [-0.1, -0.05) is 35.9 Å². The van der Waals surface area contributed by atoms with Crippen LogP contribution in [0.25, 0.3) is 5.76 Å². The molecule has 1 fully saturated rings. The summed E-state index contributed by atoms with van der Waals surface area (Å²) < 4.78 is 0. The van der Waals surface area contributed by atoms with Gasteiger partial charge in [-0.25, -0.2) is 4.98 Å². The van der Waals surface area contributed by atoms with Gasteiger partial charge in [-0.2, -0.15) is 0 Å². The standard InChI is InChI=1S/C22H20N4O3/c1-14-5-7-15(8-6-14)20(27)18-19(17-4-2-3-10-24-17)26(22(29)21(18)28)11-9-16-12-23-13-25-16/h2-8,10,12-13,19,27H,9,11H2,1H3,(H,23,25)/b20-18+. The van der Waals surface area contributed by atoms with E-state index in [0.717, 1.165) is 11.3 Å². The quantitative estimate of drug-likeness (QED) is 0.398. The van der Waals surface area contributed by atoms with E-state index in [4.69, 9.17) is 0 Å². The van der Waals surface area contributed by atoms with E-state index in [1.165, 1.54) is 4.90 Å². The zero-order valence-corrected chi connectivity index (χ0v) is 15.9. The van der Waals surface area contributed by atoms with Crippen LogP contribution in [0.2, 0.25) is 0 Å². The lowest BCUT2D eigenvalue weighted by atomic mass is 9.98. The fraction of sp³-hybridized carbons (Fsp3) is 0.182. The van der Waals surface area contributed by atoms with E-state index in [0.29, 0.717) is 24.2 Å². The highest BCUT2D eigenvalue weighted by molar-refractivity contribution is 6.46. The molecule has 7 heteroatoms. The van der Waals surface area contributed by atoms with Gasteiger partial charge in [0, 0.05) is 36.6 Å². The summed E-state index contributed by atoms with van der Waals surface area (Å²) in [6, 6.07) is 11.7. The van der Waals surface area contributed by atoms with Crippen LogP contribution >= 0.6 is 0 Å². The van der Waals surface area contributed by atoms with Crippen LogP contribution in [0, 0.1) is 6.92 Å². The number of aliphatic hydroxyl groups is 1. The van der Waals surface area contributed by atoms with Crippen LogP contribution in [0.1, 0.15) is 28.6 Å². The third-order valence-corrected chi connectivity index (χ3v) is 5.01. The summed E-state index contributed by atoms with van der Waals surface area (Å²) in [4.78, 5) is 38.5. The number of amides is 1. The van der Waals surface area contributed by atoms with Crippen LogP contribution in [0.5, 0.6) is 0 Å². The molecule has 3 aromatic rings. The number of aromatic nitrogens is 3. The fourth-order valence-electron chi connectivity index (χ4n) is 3.49. The lowest BCUT2D eigenvalue weighted by molar-refractivity contribution is -0.139. The summed E-state index contributed by atoms with van der Waals surface area (Å²) in [7, 11) is 0. The highest BCUT2D eigenvalue weighted by Crippen LogP contribution is 2.38. The summed E-state index contributed by atoms with van der Waals surface area (Å²) in [5.41, 5.74) is 2.96. The summed E-state index contributed by atoms with van der Waals surface area (Å²) in [6.45, 7) is 2.23. The second-order valence-corrected chi connectivity index (χ2v) is 6.94. The number of carbonyl (C=O) groups excluding carboxylic acids is 2. The number of aromatic amines is 1. The van der Waals surface area contributed by atoms with Gasteiger partial charge >= 0.3 is 0 Å². The Labute approximate surface area is 167 Å². The largest absolute Gasteiger partial charge is 0.507 e. The van der Waals surface area contributed by atoms with Gasteiger partial charge in [0.1, 0.15) is 11.8 Å². The molecular weight excluding hydrogens is 368 g/mol. The maximum atomic E-state index is 12.9. The number of rotatable bonds is 5. The highest BCUT2D eigenvalue weighted by Gasteiger charge is 2.46. The molecule has 3 heterocycles. The Balaban J connectivity index is 1.78. The second-order valence-electron chi connectivity index (χ2n) is 6.94. The second kappa shape index (κ2) is 7.71. The van der Waals surface area contributed by atoms with Crippen molar-refractivity contribution in [2.24, 2.45) is 0 Å². The van der Waals surface area contributed by atoms with Gasteiger partial charge < -0.3 is 15.0 Å². The number of benzene rings is 1. The number of ketones is 1. The molecule has 0 radical (unpaired) electrons. The third-order valence-electron chi connectivity index (χ3n) is 5.01. The zero-order valence-electron chi connectivity index (χ0n) is 15.9. The number of imidazole rings is 1. The van der Waals surface area contributed by atoms with Gasteiger partial charge in [-0.05, 0) is 19.1 Å². The monoisotopic (exact) mass is 388 g/mol. The highest BCUT2D eigenvalue weighted by atomic mass is 16.3. The average molecular weight is 388 g/mol. The van der Waals surface area contributed by atoms with Gasteiger partial charge in [0.15, 0.2) is 0 Å². The van der Waals surface area contributed by atoms with Crippen molar-refractivity contribution in [3.8, 4) is 0 Å². The molecule has 1 unspecified atom stereocenters. The summed E-state index contributed by atoms with van der Waals surface area (Å²) >= 11 is 0. The normalized spacial score (nSPS) is 18.4. The third kappa shape index (κ3) is 3.54. The number of hydrogen-bond donors (Lipinski definition) is 2. The molecule has 1 aliphatic heterocycles. The minimum atomic E-state index is -0.750. The molecule has 1 atom stereocenters. The smallest absolute Gasteiger partial charge is 0.295 e. The van der Waals surface area contributed by atoms with E-state index < -0.39 is 17.7 Å². The predicted octanol–water partition coefficient (Wildman–Crippen LogP) is 2.78. The van der Waals surface area contributed by atoms with Crippen molar-refractivity contribution < 1.29 is 14.7 Å². The predicted molar refractivity (Wildman–Crippen MR) is 107 cm³/mol. The van der Waals surface area contributed by atoms with Crippen LogP contribution in [0.3, 0.4) is 0 Å². The maximum Gasteiger partial charge on any atom is 0.295 e. The molecule has 146 valence electrons. The lowest BCUT2D eigenvalue weighted by Gasteiger charge is -2.24. The Morgan fingerprint density at radius 2 is 1.97 bits per heavy atom. The van der Waals surface area contributed by atoms with E-state index >= 15 is 0 Å². The Bertz CT molecular complexity index is 1060. The van der Waals surface area contributed by atoms with E-state index in [1.807, 2.05) is 19.1 Å². The Morgan fingerprint density at radius 3 is 2.62 bits per heavy atom. The van der Waals surface area contributed by atoms with Gasteiger partial charge in [-0.3, -0.25) is 14.6 Å². The van der Waals surface area contributed by atoms with Crippen LogP contribution in [-0.4, -0.2) is 43.2 Å². The summed E-state index contributed by atoms with van der Waals surface area (Å²) in [5.74, 6) is -1.54. The minimum Gasteiger partial charge on any atom is -0.507 e. The maximum absolute atomic E-state index is 12.9. The number of nitrogens with zero attached hydrogens (tertiary/aromatic N) is 3. The molecule has 4 rings (SSSR count). The van der Waals surface area contributed by atoms with Crippen LogP contribution < -0.4 is 0 Å². The van der Waals surface area contributed by atoms with E-state index in [2.05, 4.69) is 15.0 Å². The summed E-state index contributed by atoms with van der Waals surface area (Å²) in [6.07, 6.45) is 5.35. The molecule has 1 aromatic carbocycles. The average Bonchev–Trinajstić information content (AvgIpc) is 3.34. The Morgan fingerprint density at radius 1 is 1.17 bits per heavy atom. The van der Waals surface area contributed by atoms with Crippen molar-refractivity contribution in [2.75, 3.05) is 6.54 Å². The van der Waals surface area contributed by atoms with E-state index in [1.54, 1.807) is 49.1 Å². The number of carbonyl (C=O) groups is 2. The molecule has 1 amide bonds. The van der Waals surface area contributed by atoms with Crippen molar-refractivity contribution in [3.63, 3.8) is 0 Å². The SMILES string of the molecule is Cc1ccc(/C(O)=C2\C(=O)C(=O)N(CCc3cnc[nH]3)C2c2ccccn2)cc1. The van der Waals surface area contributed by atoms with Gasteiger partial charge in [0.2, 0.25) is 0 Å². The topological polar surface area (TPSA) is 99.2 Å². The molecule has 0 saturated carbocycles. The van der Waals surface area contributed by atoms with Crippen molar-refractivity contribution in [3.05, 3.63) is 89.3 Å². The number of nitrogens with one attached hydrogen (secondary N) is 1. The summed E-state index contributed by atoms with van der Waals surface area (Å²) in [5, 5.41) is 10.9. The first-order chi connectivity index (χ1) is 14.1. The van der Waals surface area contributed by atoms with Crippen molar-refractivity contribution in [1.82, 2.24) is 19.9 Å². The van der Waals surface area contributed by atoms with Gasteiger partial charge in [-0.15, -0.1) is 0 Å². The first kappa shape index (κ1) is 18.6. The van der Waals surface area contributed by atoms with Crippen molar-refractivity contribution in [1.29, 1.82) is 0 Å². The molecule has 2 N–H and O–H groups in total. The van der Waals surface area contributed by atoms with Gasteiger partial charge in [0.25, 0.3) is 11.7 Å². The van der Waals surface area contributed by atoms with Crippen LogP contribution in [0.4, 0.5) is 0 Å². The fourth-order valence-corrected chi connectivity index (χ4v) is 3.49. The molecule has 2 aromatic heterocycles. The number of Topliss-reactive ketones (excluding diaryl/α,β-unsaturated/α-hetero) is 1. The molecular formula is C22H20N4O3. The first-order valence-electron chi connectivity index (χ1n) is 9.30. The Hall–Kier alpha value is -3.74. The molecule has 0 spiro atoms. The van der Waals surface area contributed by atoms with Crippen LogP contribution in [0.15, 0.2) is 66.8 Å². The Kier molecular flexibility index (Phi) is 4.95. The molecule has 1 aliphatic rings. The number of aryl methyl sites for hydroxylation is 1. The molecule has 1 saturated heterocycles. The van der Waals surface area contributed by atoms with Crippen molar-refractivity contribution in [2.45, 2.75) is 19.4 Å². The molecule has 7 nitrogen and oxygen atoms in total. The molecule has 29 heavy (non-hydrogen) atoms. The van der Waals surface area contributed by atoms with Crippen molar-refractivity contribution >= 4 is 17.4 Å². The van der Waals surface area contributed by atoms with E-state index in [9.17, 15) is 14.7 Å². The van der Waals surface area contributed by atoms with Crippen LogP contribution in [-0.2, 0) is 16.0 Å². The number of H-pyrrole nitrogens is 1. The lowest BCUT2D eigenvalue weighted by Crippen LogP contribution is -2.32. The molecule has 0 aliphatic carbocycles.